The van der Waals surface area contributed by atoms with E-state index < -0.39 is 0 Å². The van der Waals surface area contributed by atoms with Gasteiger partial charge in [0.1, 0.15) is 28.7 Å². The molecule has 6 heteroatoms. The maximum atomic E-state index is 6.23. The molecule has 2 heterocycles. The molecule has 0 aliphatic rings. The predicted octanol–water partition coefficient (Wildman–Crippen LogP) is 5.28. The van der Waals surface area contributed by atoms with Crippen molar-refractivity contribution in [1.29, 1.82) is 0 Å². The van der Waals surface area contributed by atoms with Crippen molar-refractivity contribution < 1.29 is 9.47 Å². The van der Waals surface area contributed by atoms with Crippen molar-refractivity contribution in [3.63, 3.8) is 0 Å². The van der Waals surface area contributed by atoms with Crippen LogP contribution in [0.15, 0.2) is 66.9 Å². The van der Waals surface area contributed by atoms with Crippen LogP contribution < -0.4 is 14.8 Å². The van der Waals surface area contributed by atoms with Gasteiger partial charge >= 0.3 is 0 Å². The summed E-state index contributed by atoms with van der Waals surface area (Å²) in [6.07, 6.45) is 1.87. The average Bonchev–Trinajstić information content (AvgIpc) is 3.10. The van der Waals surface area contributed by atoms with Crippen molar-refractivity contribution in [3.8, 4) is 22.8 Å². The molecule has 2 aromatic heterocycles. The fourth-order valence-electron chi connectivity index (χ4n) is 3.07. The zero-order valence-electron chi connectivity index (χ0n) is 15.6. The van der Waals surface area contributed by atoms with Crippen LogP contribution in [-0.2, 0) is 6.54 Å². The van der Waals surface area contributed by atoms with Crippen molar-refractivity contribution in [2.45, 2.75) is 6.54 Å². The van der Waals surface area contributed by atoms with E-state index in [2.05, 4.69) is 5.32 Å². The minimum Gasteiger partial charge on any atom is -0.497 e. The highest BCUT2D eigenvalue weighted by Gasteiger charge is 2.14. The highest BCUT2D eigenvalue weighted by atomic mass is 35.5. The number of methoxy groups -OCH3 is 2. The number of fused-ring (bicyclic) bond motifs is 1. The van der Waals surface area contributed by atoms with Crippen molar-refractivity contribution in [3.05, 3.63) is 77.4 Å². The van der Waals surface area contributed by atoms with Crippen molar-refractivity contribution >= 4 is 23.1 Å². The van der Waals surface area contributed by atoms with Crippen molar-refractivity contribution in [1.82, 2.24) is 9.38 Å². The smallest absolute Gasteiger partial charge is 0.139 e. The van der Waals surface area contributed by atoms with Gasteiger partial charge in [0.15, 0.2) is 0 Å². The number of ether oxygens (including phenoxy) is 2. The van der Waals surface area contributed by atoms with Gasteiger partial charge in [0.25, 0.3) is 0 Å². The van der Waals surface area contributed by atoms with Crippen LogP contribution in [-0.4, -0.2) is 23.6 Å². The minimum absolute atomic E-state index is 0.646. The van der Waals surface area contributed by atoms with E-state index >= 15 is 0 Å². The molecule has 4 aromatic rings. The number of imidazole rings is 1. The second kappa shape index (κ2) is 7.82. The van der Waals surface area contributed by atoms with E-state index in [1.54, 1.807) is 14.2 Å². The van der Waals surface area contributed by atoms with Gasteiger partial charge in [-0.05, 0) is 54.1 Å². The Hall–Kier alpha value is -3.18. The van der Waals surface area contributed by atoms with Crippen LogP contribution in [0.1, 0.15) is 5.56 Å². The molecule has 0 aliphatic carbocycles. The van der Waals surface area contributed by atoms with Gasteiger partial charge in [-0.2, -0.15) is 0 Å². The number of nitrogens with one attached hydrogen (secondary N) is 1. The first kappa shape index (κ1) is 18.2. The summed E-state index contributed by atoms with van der Waals surface area (Å²) >= 11 is 6.23. The number of anilines is 1. The summed E-state index contributed by atoms with van der Waals surface area (Å²) in [6.45, 7) is 0.646. The number of aromatic nitrogens is 2. The summed E-state index contributed by atoms with van der Waals surface area (Å²) in [7, 11) is 3.32. The average molecular weight is 394 g/mol. The Morgan fingerprint density at radius 2 is 1.54 bits per heavy atom. The van der Waals surface area contributed by atoms with E-state index in [-0.39, 0.29) is 0 Å². The van der Waals surface area contributed by atoms with Gasteiger partial charge in [-0.1, -0.05) is 23.7 Å². The lowest BCUT2D eigenvalue weighted by Crippen LogP contribution is -2.03. The van der Waals surface area contributed by atoms with Gasteiger partial charge in [0.05, 0.1) is 19.2 Å². The lowest BCUT2D eigenvalue weighted by molar-refractivity contribution is 0.414. The first-order valence-electron chi connectivity index (χ1n) is 8.87. The van der Waals surface area contributed by atoms with Crippen LogP contribution in [0.4, 0.5) is 5.82 Å². The van der Waals surface area contributed by atoms with Crippen LogP contribution in [0.2, 0.25) is 5.02 Å². The van der Waals surface area contributed by atoms with Crippen LogP contribution >= 0.6 is 11.6 Å². The van der Waals surface area contributed by atoms with E-state index in [0.717, 1.165) is 39.8 Å². The van der Waals surface area contributed by atoms with E-state index in [1.807, 2.05) is 71.3 Å². The number of hydrogen-bond acceptors (Lipinski definition) is 4. The topological polar surface area (TPSA) is 47.8 Å². The van der Waals surface area contributed by atoms with Crippen molar-refractivity contribution in [2.24, 2.45) is 0 Å². The zero-order chi connectivity index (χ0) is 19.5. The van der Waals surface area contributed by atoms with Gasteiger partial charge in [-0.15, -0.1) is 0 Å². The number of benzene rings is 2. The van der Waals surface area contributed by atoms with Gasteiger partial charge in [-0.3, -0.25) is 4.40 Å². The number of pyridine rings is 1. The lowest BCUT2D eigenvalue weighted by atomic mass is 10.1. The first-order valence-corrected chi connectivity index (χ1v) is 9.24. The molecule has 0 atom stereocenters. The van der Waals surface area contributed by atoms with Crippen LogP contribution in [0, 0.1) is 0 Å². The van der Waals surface area contributed by atoms with Gasteiger partial charge in [0, 0.05) is 18.3 Å². The third-order valence-corrected chi connectivity index (χ3v) is 4.79. The van der Waals surface area contributed by atoms with Gasteiger partial charge in [-0.25, -0.2) is 4.98 Å². The molecule has 0 saturated heterocycles. The van der Waals surface area contributed by atoms with Crippen LogP contribution in [0.5, 0.6) is 11.5 Å². The molecule has 2 aromatic carbocycles. The summed E-state index contributed by atoms with van der Waals surface area (Å²) in [6, 6.07) is 19.6. The van der Waals surface area contributed by atoms with Crippen LogP contribution in [0.3, 0.4) is 0 Å². The molecule has 0 bridgehead atoms. The fourth-order valence-corrected chi connectivity index (χ4v) is 3.23. The zero-order valence-corrected chi connectivity index (χ0v) is 16.4. The molecule has 142 valence electrons. The van der Waals surface area contributed by atoms with Crippen molar-refractivity contribution in [2.75, 3.05) is 19.5 Å². The second-order valence-electron chi connectivity index (χ2n) is 6.31. The quantitative estimate of drug-likeness (QED) is 0.484. The first-order chi connectivity index (χ1) is 13.7. The van der Waals surface area contributed by atoms with E-state index in [0.29, 0.717) is 11.6 Å². The molecular weight excluding hydrogens is 374 g/mol. The summed E-state index contributed by atoms with van der Waals surface area (Å²) in [5.74, 6) is 2.53. The molecular formula is C22H20ClN3O2. The molecule has 0 fully saturated rings. The van der Waals surface area contributed by atoms with E-state index in [1.165, 1.54) is 0 Å². The summed E-state index contributed by atoms with van der Waals surface area (Å²) in [5, 5.41) is 4.17. The predicted molar refractivity (Wildman–Crippen MR) is 113 cm³/mol. The third-order valence-electron chi connectivity index (χ3n) is 4.56. The lowest BCUT2D eigenvalue weighted by Gasteiger charge is -2.10. The Balaban J connectivity index is 1.72. The minimum atomic E-state index is 0.646. The summed E-state index contributed by atoms with van der Waals surface area (Å²) in [4.78, 5) is 4.80. The normalized spacial score (nSPS) is 10.8. The standard InChI is InChI=1S/C22H20ClN3O2/c1-27-18-8-3-15(4-9-18)13-24-22-21(16-5-10-19(28-2)11-6-16)25-20-12-7-17(23)14-26(20)22/h3-12,14,24H,13H2,1-2H3. The van der Waals surface area contributed by atoms with E-state index in [9.17, 15) is 0 Å². The molecule has 4 rings (SSSR count). The Kier molecular flexibility index (Phi) is 5.08. The van der Waals surface area contributed by atoms with Crippen LogP contribution in [0.25, 0.3) is 16.9 Å². The highest BCUT2D eigenvalue weighted by Crippen LogP contribution is 2.31. The molecule has 0 aliphatic heterocycles. The fraction of sp³-hybridized carbons (Fsp3) is 0.136. The highest BCUT2D eigenvalue weighted by molar-refractivity contribution is 6.30. The molecule has 28 heavy (non-hydrogen) atoms. The SMILES string of the molecule is COc1ccc(CNc2c(-c3ccc(OC)cc3)nc3ccc(Cl)cn23)cc1. The molecule has 1 N–H and O–H groups in total. The largest absolute Gasteiger partial charge is 0.497 e. The number of hydrogen-bond donors (Lipinski definition) is 1. The summed E-state index contributed by atoms with van der Waals surface area (Å²) in [5.41, 5.74) is 3.82. The third kappa shape index (κ3) is 3.62. The molecule has 0 spiro atoms. The number of nitrogens with zero attached hydrogens (tertiary/aromatic N) is 2. The molecule has 0 saturated carbocycles. The Morgan fingerprint density at radius 3 is 2.18 bits per heavy atom. The Bertz CT molecular complexity index is 1090. The molecule has 0 amide bonds. The maximum absolute atomic E-state index is 6.23. The second-order valence-corrected chi connectivity index (χ2v) is 6.75. The molecule has 0 unspecified atom stereocenters. The summed E-state index contributed by atoms with van der Waals surface area (Å²) < 4.78 is 12.5. The molecule has 5 nitrogen and oxygen atoms in total. The van der Waals surface area contributed by atoms with Gasteiger partial charge in [0.2, 0.25) is 0 Å². The Morgan fingerprint density at radius 1 is 0.893 bits per heavy atom. The van der Waals surface area contributed by atoms with Gasteiger partial charge < -0.3 is 14.8 Å². The molecule has 0 radical (unpaired) electrons. The number of halogens is 1. The van der Waals surface area contributed by atoms with E-state index in [4.69, 9.17) is 26.1 Å². The monoisotopic (exact) mass is 393 g/mol. The number of rotatable bonds is 6. The maximum Gasteiger partial charge on any atom is 0.139 e. The Labute approximate surface area is 168 Å².